The van der Waals surface area contributed by atoms with E-state index in [0.717, 1.165) is 0 Å². The third-order valence-electron chi connectivity index (χ3n) is 2.45. The number of benzene rings is 1. The number of rotatable bonds is 8. The van der Waals surface area contributed by atoms with E-state index in [1.165, 1.54) is 0 Å². The lowest BCUT2D eigenvalue weighted by Gasteiger charge is -2.10. The van der Waals surface area contributed by atoms with E-state index in [9.17, 15) is 14.4 Å². The molecule has 0 saturated heterocycles. The molecule has 0 aliphatic carbocycles. The fourth-order valence-corrected chi connectivity index (χ4v) is 1.43. The Hall–Kier alpha value is -2.57. The normalized spacial score (nSPS) is 10.1. The molecule has 7 heteroatoms. The second-order valence-corrected chi connectivity index (χ2v) is 5.05. The molecule has 1 aromatic carbocycles. The molecule has 0 atom stereocenters. The minimum Gasteiger partial charge on any atom is -0.493 e. The van der Waals surface area contributed by atoms with Gasteiger partial charge in [-0.2, -0.15) is 0 Å². The van der Waals surface area contributed by atoms with Crippen molar-refractivity contribution in [2.24, 2.45) is 11.7 Å². The van der Waals surface area contributed by atoms with Gasteiger partial charge < -0.3 is 20.5 Å². The topological polar surface area (TPSA) is 108 Å². The van der Waals surface area contributed by atoms with Crippen molar-refractivity contribution in [3.63, 3.8) is 0 Å². The van der Waals surface area contributed by atoms with E-state index >= 15 is 0 Å². The zero-order valence-corrected chi connectivity index (χ0v) is 12.6. The maximum Gasteiger partial charge on any atom is 0.338 e. The Morgan fingerprint density at radius 1 is 1.27 bits per heavy atom. The van der Waals surface area contributed by atoms with Crippen LogP contribution < -0.4 is 15.8 Å². The van der Waals surface area contributed by atoms with Gasteiger partial charge in [-0.15, -0.1) is 0 Å². The van der Waals surface area contributed by atoms with E-state index in [2.05, 4.69) is 5.32 Å². The lowest BCUT2D eigenvalue weighted by Crippen LogP contribution is -2.35. The lowest BCUT2D eigenvalue weighted by atomic mass is 10.2. The molecule has 0 saturated carbocycles. The Kier molecular flexibility index (Phi) is 6.88. The van der Waals surface area contributed by atoms with Gasteiger partial charge in [0.2, 0.25) is 5.91 Å². The van der Waals surface area contributed by atoms with Crippen LogP contribution in [0.25, 0.3) is 0 Å². The second kappa shape index (κ2) is 8.66. The number of nitrogens with two attached hydrogens (primary N) is 1. The summed E-state index contributed by atoms with van der Waals surface area (Å²) in [4.78, 5) is 33.6. The lowest BCUT2D eigenvalue weighted by molar-refractivity contribution is -0.127. The van der Waals surface area contributed by atoms with E-state index in [4.69, 9.17) is 15.2 Å². The molecule has 7 nitrogen and oxygen atoms in total. The van der Waals surface area contributed by atoms with Crippen molar-refractivity contribution in [1.82, 2.24) is 5.32 Å². The van der Waals surface area contributed by atoms with Crippen LogP contribution in [0.3, 0.4) is 0 Å². The first-order valence-corrected chi connectivity index (χ1v) is 6.83. The number of primary amides is 1. The number of hydrogen-bond donors (Lipinski definition) is 2. The van der Waals surface area contributed by atoms with Crippen molar-refractivity contribution < 1.29 is 23.9 Å². The number of carbonyl (C=O) groups excluding carboxylic acids is 3. The van der Waals surface area contributed by atoms with E-state index in [1.54, 1.807) is 24.3 Å². The van der Waals surface area contributed by atoms with Crippen LogP contribution in [-0.4, -0.2) is 37.5 Å². The Morgan fingerprint density at radius 2 is 2.00 bits per heavy atom. The monoisotopic (exact) mass is 308 g/mol. The summed E-state index contributed by atoms with van der Waals surface area (Å²) in [6, 6.07) is 6.51. The van der Waals surface area contributed by atoms with Gasteiger partial charge in [0, 0.05) is 0 Å². The molecular formula is C15H20N2O5. The van der Waals surface area contributed by atoms with Crippen LogP contribution in [0, 0.1) is 5.92 Å². The standard InChI is InChI=1S/C15H20N2O5/c1-10(2)8-21-12-5-3-4-11(6-12)15(20)22-9-14(19)17-7-13(16)18/h3-6,10H,7-9H2,1-2H3,(H2,16,18)(H,17,19). The highest BCUT2D eigenvalue weighted by atomic mass is 16.5. The molecule has 0 radical (unpaired) electrons. The summed E-state index contributed by atoms with van der Waals surface area (Å²) < 4.78 is 10.4. The highest BCUT2D eigenvalue weighted by molar-refractivity contribution is 5.92. The molecule has 0 bridgehead atoms. The van der Waals surface area contributed by atoms with Crippen molar-refractivity contribution in [2.75, 3.05) is 19.8 Å². The molecule has 0 fully saturated rings. The number of hydrogen-bond acceptors (Lipinski definition) is 5. The molecular weight excluding hydrogens is 288 g/mol. The Morgan fingerprint density at radius 3 is 2.64 bits per heavy atom. The van der Waals surface area contributed by atoms with Gasteiger partial charge in [0.15, 0.2) is 6.61 Å². The summed E-state index contributed by atoms with van der Waals surface area (Å²) in [5.74, 6) is -0.996. The molecule has 0 aromatic heterocycles. The van der Waals surface area contributed by atoms with Crippen molar-refractivity contribution in [3.8, 4) is 5.75 Å². The third kappa shape index (κ3) is 6.74. The average molecular weight is 308 g/mol. The Bertz CT molecular complexity index is 542. The minimum absolute atomic E-state index is 0.281. The van der Waals surface area contributed by atoms with Crippen LogP contribution in [0.1, 0.15) is 24.2 Å². The Balaban J connectivity index is 2.49. The largest absolute Gasteiger partial charge is 0.493 e. The predicted molar refractivity (Wildman–Crippen MR) is 79.3 cm³/mol. The smallest absolute Gasteiger partial charge is 0.338 e. The molecule has 0 spiro atoms. The van der Waals surface area contributed by atoms with Gasteiger partial charge >= 0.3 is 5.97 Å². The van der Waals surface area contributed by atoms with Crippen LogP contribution in [-0.2, 0) is 14.3 Å². The first-order chi connectivity index (χ1) is 10.4. The van der Waals surface area contributed by atoms with Gasteiger partial charge in [-0.1, -0.05) is 19.9 Å². The van der Waals surface area contributed by atoms with Gasteiger partial charge in [-0.3, -0.25) is 9.59 Å². The van der Waals surface area contributed by atoms with Gasteiger partial charge in [0.05, 0.1) is 18.7 Å². The maximum absolute atomic E-state index is 11.8. The third-order valence-corrected chi connectivity index (χ3v) is 2.45. The maximum atomic E-state index is 11.8. The number of amides is 2. The average Bonchev–Trinajstić information content (AvgIpc) is 2.48. The molecule has 0 unspecified atom stereocenters. The quantitative estimate of drug-likeness (QED) is 0.679. The molecule has 1 aromatic rings. The van der Waals surface area contributed by atoms with E-state index in [-0.39, 0.29) is 12.1 Å². The predicted octanol–water partition coefficient (Wildman–Crippen LogP) is 0.480. The summed E-state index contributed by atoms with van der Waals surface area (Å²) in [7, 11) is 0. The molecule has 0 heterocycles. The summed E-state index contributed by atoms with van der Waals surface area (Å²) in [6.07, 6.45) is 0. The highest BCUT2D eigenvalue weighted by Gasteiger charge is 2.11. The van der Waals surface area contributed by atoms with Gasteiger partial charge in [-0.25, -0.2) is 4.79 Å². The number of esters is 1. The number of nitrogens with one attached hydrogen (secondary N) is 1. The summed E-state index contributed by atoms with van der Waals surface area (Å²) in [6.45, 7) is 3.79. The van der Waals surface area contributed by atoms with Crippen LogP contribution in [0.5, 0.6) is 5.75 Å². The fraction of sp³-hybridized carbons (Fsp3) is 0.400. The van der Waals surface area contributed by atoms with Crippen LogP contribution in [0.15, 0.2) is 24.3 Å². The summed E-state index contributed by atoms with van der Waals surface area (Å²) in [5, 5.41) is 2.22. The van der Waals surface area contributed by atoms with E-state index < -0.39 is 24.4 Å². The molecule has 120 valence electrons. The zero-order valence-electron chi connectivity index (χ0n) is 12.6. The fourth-order valence-electron chi connectivity index (χ4n) is 1.43. The van der Waals surface area contributed by atoms with Crippen molar-refractivity contribution >= 4 is 17.8 Å². The SMILES string of the molecule is CC(C)COc1cccc(C(=O)OCC(=O)NCC(N)=O)c1. The first-order valence-electron chi connectivity index (χ1n) is 6.83. The number of ether oxygens (including phenoxy) is 2. The number of carbonyl (C=O) groups is 3. The highest BCUT2D eigenvalue weighted by Crippen LogP contribution is 2.15. The first kappa shape index (κ1) is 17.5. The molecule has 1 rings (SSSR count). The Labute approximate surface area is 128 Å². The zero-order chi connectivity index (χ0) is 16.5. The van der Waals surface area contributed by atoms with Crippen LogP contribution in [0.2, 0.25) is 0 Å². The van der Waals surface area contributed by atoms with Crippen LogP contribution >= 0.6 is 0 Å². The van der Waals surface area contributed by atoms with E-state index in [0.29, 0.717) is 18.3 Å². The summed E-state index contributed by atoms with van der Waals surface area (Å²) in [5.41, 5.74) is 5.16. The van der Waals surface area contributed by atoms with Gasteiger partial charge in [0.1, 0.15) is 5.75 Å². The van der Waals surface area contributed by atoms with Crippen LogP contribution in [0.4, 0.5) is 0 Å². The molecule has 3 N–H and O–H groups in total. The van der Waals surface area contributed by atoms with Gasteiger partial charge in [0.25, 0.3) is 5.91 Å². The molecule has 2 amide bonds. The molecule has 22 heavy (non-hydrogen) atoms. The van der Waals surface area contributed by atoms with Crippen molar-refractivity contribution in [1.29, 1.82) is 0 Å². The summed E-state index contributed by atoms with van der Waals surface area (Å²) >= 11 is 0. The molecule has 0 aliphatic heterocycles. The van der Waals surface area contributed by atoms with E-state index in [1.807, 2.05) is 13.8 Å². The van der Waals surface area contributed by atoms with Gasteiger partial charge in [-0.05, 0) is 24.1 Å². The van der Waals surface area contributed by atoms with Crippen molar-refractivity contribution in [2.45, 2.75) is 13.8 Å². The molecule has 0 aliphatic rings. The van der Waals surface area contributed by atoms with Crippen molar-refractivity contribution in [3.05, 3.63) is 29.8 Å². The second-order valence-electron chi connectivity index (χ2n) is 5.05. The minimum atomic E-state index is -0.672.